The van der Waals surface area contributed by atoms with E-state index in [1.165, 1.54) is 19.5 Å². The lowest BCUT2D eigenvalue weighted by molar-refractivity contribution is 0.291. The highest BCUT2D eigenvalue weighted by Gasteiger charge is 1.99. The van der Waals surface area contributed by atoms with Crippen molar-refractivity contribution in [3.63, 3.8) is 0 Å². The summed E-state index contributed by atoms with van der Waals surface area (Å²) in [5.74, 6) is 5.51. The van der Waals surface area contributed by atoms with Gasteiger partial charge in [0, 0.05) is 29.4 Å². The van der Waals surface area contributed by atoms with Crippen molar-refractivity contribution in [2.75, 3.05) is 47.3 Å². The van der Waals surface area contributed by atoms with E-state index in [9.17, 15) is 0 Å². The summed E-state index contributed by atoms with van der Waals surface area (Å²) >= 11 is 2.11. The molecule has 0 bridgehead atoms. The van der Waals surface area contributed by atoms with Gasteiger partial charge in [0.15, 0.2) is 0 Å². The largest absolute Gasteiger partial charge is 0.309 e. The Hall–Kier alpha value is 0.570. The minimum absolute atomic E-state index is 0.957. The molecule has 0 aromatic carbocycles. The second-order valence-corrected chi connectivity index (χ2v) is 5.18. The van der Waals surface area contributed by atoms with E-state index in [0.717, 1.165) is 19.5 Å². The molecule has 0 rings (SSSR count). The quantitative estimate of drug-likeness (QED) is 0.311. The van der Waals surface area contributed by atoms with Crippen molar-refractivity contribution >= 4 is 22.9 Å². The summed E-state index contributed by atoms with van der Waals surface area (Å²) < 4.78 is 1.71. The Labute approximate surface area is 102 Å². The van der Waals surface area contributed by atoms with Crippen molar-refractivity contribution in [1.29, 1.82) is 0 Å². The molecule has 0 aromatic rings. The summed E-state index contributed by atoms with van der Waals surface area (Å²) in [6, 6.07) is 0. The molecule has 0 saturated heterocycles. The minimum atomic E-state index is 0.957. The molecule has 14 heavy (non-hydrogen) atoms. The Balaban J connectivity index is 3.23. The van der Waals surface area contributed by atoms with Gasteiger partial charge in [-0.3, -0.25) is 5.84 Å². The molecule has 0 aliphatic rings. The normalized spacial score (nSPS) is 12.0. The van der Waals surface area contributed by atoms with Crippen molar-refractivity contribution in [3.05, 3.63) is 0 Å². The van der Waals surface area contributed by atoms with Gasteiger partial charge in [0.1, 0.15) is 0 Å². The van der Waals surface area contributed by atoms with Crippen molar-refractivity contribution < 1.29 is 0 Å². The Morgan fingerprint density at radius 2 is 1.43 bits per heavy atom. The number of hydrazine groups is 1. The van der Waals surface area contributed by atoms with Crippen LogP contribution in [0.3, 0.4) is 0 Å². The van der Waals surface area contributed by atoms with Gasteiger partial charge in [0.05, 0.1) is 0 Å². The summed E-state index contributed by atoms with van der Waals surface area (Å²) in [6.45, 7) is 4.42. The summed E-state index contributed by atoms with van der Waals surface area (Å²) in [5.41, 5.74) is 0. The summed E-state index contributed by atoms with van der Waals surface area (Å²) in [5, 5.41) is 0. The maximum absolute atomic E-state index is 5.51. The maximum atomic E-state index is 5.51. The molecule has 0 amide bonds. The predicted octanol–water partition coefficient (Wildman–Crippen LogP) is 0.786. The third-order valence-electron chi connectivity index (χ3n) is 2.06. The molecule has 0 atom stereocenters. The van der Waals surface area contributed by atoms with Crippen LogP contribution in [0.15, 0.2) is 0 Å². The molecule has 0 fully saturated rings. The molecule has 0 aliphatic carbocycles. The van der Waals surface area contributed by atoms with Crippen LogP contribution < -0.4 is 5.84 Å². The lowest BCUT2D eigenvalue weighted by atomic mass is 10.3. The van der Waals surface area contributed by atoms with E-state index in [0.29, 0.717) is 0 Å². The molecule has 0 spiro atoms. The highest BCUT2D eigenvalue weighted by atomic mass is 127. The molecule has 2 N–H and O–H groups in total. The van der Waals surface area contributed by atoms with Crippen molar-refractivity contribution in [1.82, 2.24) is 13.0 Å². The summed E-state index contributed by atoms with van der Waals surface area (Å²) in [4.78, 5) is 4.59. The zero-order valence-corrected chi connectivity index (χ0v) is 11.7. The lowest BCUT2D eigenvalue weighted by Gasteiger charge is -2.18. The van der Waals surface area contributed by atoms with E-state index in [1.807, 2.05) is 0 Å². The van der Waals surface area contributed by atoms with Crippen LogP contribution in [0.4, 0.5) is 0 Å². The standard InChI is InChI=1S/C9H23IN4/c1-12(2)6-4-7-13(3)8-5-9-14(10)11/h4-9,11H2,1-3H3. The molecule has 0 heterocycles. The van der Waals surface area contributed by atoms with Crippen molar-refractivity contribution in [3.8, 4) is 0 Å². The first-order valence-electron chi connectivity index (χ1n) is 5.03. The number of halogens is 1. The van der Waals surface area contributed by atoms with Gasteiger partial charge in [-0.05, 0) is 53.6 Å². The number of nitrogens with two attached hydrogens (primary N) is 1. The van der Waals surface area contributed by atoms with Crippen LogP contribution in [-0.4, -0.2) is 60.3 Å². The number of hydrogen-bond acceptors (Lipinski definition) is 4. The molecule has 4 nitrogen and oxygen atoms in total. The van der Waals surface area contributed by atoms with E-state index in [1.54, 1.807) is 3.22 Å². The second-order valence-electron chi connectivity index (χ2n) is 3.94. The molecule has 0 unspecified atom stereocenters. The van der Waals surface area contributed by atoms with Crippen LogP contribution in [0.1, 0.15) is 12.8 Å². The van der Waals surface area contributed by atoms with E-state index in [4.69, 9.17) is 5.84 Å². The topological polar surface area (TPSA) is 35.7 Å². The van der Waals surface area contributed by atoms with Crippen molar-refractivity contribution in [2.24, 2.45) is 5.84 Å². The minimum Gasteiger partial charge on any atom is -0.309 e. The zero-order valence-electron chi connectivity index (χ0n) is 9.54. The van der Waals surface area contributed by atoms with E-state index in [2.05, 4.69) is 53.8 Å². The summed E-state index contributed by atoms with van der Waals surface area (Å²) in [6.07, 6.45) is 2.37. The van der Waals surface area contributed by atoms with Gasteiger partial charge < -0.3 is 9.80 Å². The average molecular weight is 314 g/mol. The smallest absolute Gasteiger partial charge is 0.0364 e. The third kappa shape index (κ3) is 10.6. The van der Waals surface area contributed by atoms with Gasteiger partial charge in [0.25, 0.3) is 0 Å². The number of hydrogen-bond donors (Lipinski definition) is 1. The van der Waals surface area contributed by atoms with E-state index < -0.39 is 0 Å². The maximum Gasteiger partial charge on any atom is 0.0364 e. The highest BCUT2D eigenvalue weighted by Crippen LogP contribution is 1.95. The first kappa shape index (κ1) is 14.6. The van der Waals surface area contributed by atoms with Crippen LogP contribution in [0.25, 0.3) is 0 Å². The summed E-state index contributed by atoms with van der Waals surface area (Å²) in [7, 11) is 6.40. The van der Waals surface area contributed by atoms with Crippen LogP contribution in [0.5, 0.6) is 0 Å². The van der Waals surface area contributed by atoms with Gasteiger partial charge in [-0.15, -0.1) is 0 Å². The van der Waals surface area contributed by atoms with Crippen LogP contribution in [0.2, 0.25) is 0 Å². The Bertz CT molecular complexity index is 116. The highest BCUT2D eigenvalue weighted by molar-refractivity contribution is 14.1. The fraction of sp³-hybridized carbons (Fsp3) is 1.00. The van der Waals surface area contributed by atoms with Crippen LogP contribution >= 0.6 is 22.9 Å². The molecule has 5 heteroatoms. The van der Waals surface area contributed by atoms with E-state index >= 15 is 0 Å². The van der Waals surface area contributed by atoms with Crippen molar-refractivity contribution in [2.45, 2.75) is 12.8 Å². The molecule has 0 saturated carbocycles. The van der Waals surface area contributed by atoms with Gasteiger partial charge in [-0.25, -0.2) is 0 Å². The predicted molar refractivity (Wildman–Crippen MR) is 70.2 cm³/mol. The van der Waals surface area contributed by atoms with E-state index in [-0.39, 0.29) is 0 Å². The first-order chi connectivity index (χ1) is 6.52. The Kier molecular flexibility index (Phi) is 9.20. The van der Waals surface area contributed by atoms with Crippen LogP contribution in [-0.2, 0) is 0 Å². The van der Waals surface area contributed by atoms with Gasteiger partial charge >= 0.3 is 0 Å². The SMILES string of the molecule is CN(C)CCCN(C)CCCN(N)I. The molecule has 0 aromatic heterocycles. The monoisotopic (exact) mass is 314 g/mol. The van der Waals surface area contributed by atoms with Gasteiger partial charge in [-0.2, -0.15) is 3.22 Å². The Morgan fingerprint density at radius 3 is 1.86 bits per heavy atom. The van der Waals surface area contributed by atoms with Crippen LogP contribution in [0, 0.1) is 0 Å². The van der Waals surface area contributed by atoms with Gasteiger partial charge in [0.2, 0.25) is 0 Å². The number of rotatable bonds is 8. The Morgan fingerprint density at radius 1 is 0.929 bits per heavy atom. The molecule has 0 aliphatic heterocycles. The zero-order chi connectivity index (χ0) is 11.0. The number of nitrogens with zero attached hydrogens (tertiary/aromatic N) is 3. The third-order valence-corrected chi connectivity index (χ3v) is 2.54. The molecular formula is C9H23IN4. The van der Waals surface area contributed by atoms with Gasteiger partial charge in [-0.1, -0.05) is 0 Å². The average Bonchev–Trinajstić information content (AvgIpc) is 2.02. The molecular weight excluding hydrogens is 291 g/mol. The molecule has 86 valence electrons. The fourth-order valence-corrected chi connectivity index (χ4v) is 1.60. The first-order valence-corrected chi connectivity index (χ1v) is 6.00. The second kappa shape index (κ2) is 8.84. The molecule has 0 radical (unpaired) electrons. The fourth-order valence-electron chi connectivity index (χ4n) is 1.26. The lowest BCUT2D eigenvalue weighted by Crippen LogP contribution is -2.28.